The van der Waals surface area contributed by atoms with Gasteiger partial charge in [-0.25, -0.2) is 0 Å². The van der Waals surface area contributed by atoms with Gasteiger partial charge < -0.3 is 9.64 Å². The summed E-state index contributed by atoms with van der Waals surface area (Å²) < 4.78 is 4.71. The Kier molecular flexibility index (Phi) is 4.24. The first-order valence-corrected chi connectivity index (χ1v) is 6.62. The summed E-state index contributed by atoms with van der Waals surface area (Å²) in [5, 5.41) is 0. The highest BCUT2D eigenvalue weighted by molar-refractivity contribution is 5.73. The third kappa shape index (κ3) is 3.03. The molecule has 0 N–H and O–H groups in total. The van der Waals surface area contributed by atoms with Gasteiger partial charge in [0.15, 0.2) is 0 Å². The van der Waals surface area contributed by atoms with E-state index in [0.29, 0.717) is 6.42 Å². The zero-order chi connectivity index (χ0) is 13.0. The van der Waals surface area contributed by atoms with E-state index in [1.54, 1.807) is 0 Å². The largest absolute Gasteiger partial charge is 0.469 e. The second-order valence-corrected chi connectivity index (χ2v) is 4.91. The van der Waals surface area contributed by atoms with E-state index in [2.05, 4.69) is 30.0 Å². The molecule has 0 spiro atoms. The van der Waals surface area contributed by atoms with Gasteiger partial charge in [-0.2, -0.15) is 0 Å². The van der Waals surface area contributed by atoms with Crippen LogP contribution in [-0.4, -0.2) is 26.2 Å². The number of ether oxygens (including phenoxy) is 1. The minimum absolute atomic E-state index is 0.177. The van der Waals surface area contributed by atoms with Crippen LogP contribution in [0.3, 0.4) is 0 Å². The normalized spacial score (nSPS) is 15.6. The van der Waals surface area contributed by atoms with Crippen LogP contribution in [0.2, 0.25) is 0 Å². The van der Waals surface area contributed by atoms with E-state index in [0.717, 1.165) is 18.7 Å². The number of esters is 1. The number of anilines is 1. The number of nitrogens with zero attached hydrogens (tertiary/aromatic N) is 1. The van der Waals surface area contributed by atoms with Crippen molar-refractivity contribution in [2.24, 2.45) is 0 Å². The maximum Gasteiger partial charge on any atom is 0.309 e. The number of carbonyl (C=O) groups excluding carboxylic acids is 1. The van der Waals surface area contributed by atoms with Gasteiger partial charge in [0.2, 0.25) is 0 Å². The van der Waals surface area contributed by atoms with Crippen LogP contribution in [0.4, 0.5) is 5.69 Å². The van der Waals surface area contributed by atoms with E-state index in [1.165, 1.54) is 37.6 Å². The molecule has 0 saturated carbocycles. The lowest BCUT2D eigenvalue weighted by Crippen LogP contribution is -2.29. The Morgan fingerprint density at radius 1 is 1.28 bits per heavy atom. The summed E-state index contributed by atoms with van der Waals surface area (Å²) in [6.07, 6.45) is 4.27. The van der Waals surface area contributed by atoms with Gasteiger partial charge in [-0.1, -0.05) is 6.07 Å². The summed E-state index contributed by atoms with van der Waals surface area (Å²) in [5.74, 6) is -0.177. The molecule has 0 aromatic heterocycles. The van der Waals surface area contributed by atoms with Crippen molar-refractivity contribution in [3.8, 4) is 0 Å². The third-order valence-electron chi connectivity index (χ3n) is 3.61. The van der Waals surface area contributed by atoms with Crippen LogP contribution >= 0.6 is 0 Å². The molecule has 18 heavy (non-hydrogen) atoms. The monoisotopic (exact) mass is 247 g/mol. The molecule has 0 atom stereocenters. The van der Waals surface area contributed by atoms with Crippen molar-refractivity contribution in [3.05, 3.63) is 29.3 Å². The molecule has 98 valence electrons. The van der Waals surface area contributed by atoms with Gasteiger partial charge in [-0.05, 0) is 49.4 Å². The molecule has 1 aliphatic rings. The lowest BCUT2D eigenvalue weighted by atomic mass is 10.0. The number of hydrogen-bond donors (Lipinski definition) is 0. The van der Waals surface area contributed by atoms with Gasteiger partial charge in [0, 0.05) is 18.8 Å². The van der Waals surface area contributed by atoms with Gasteiger partial charge in [0.1, 0.15) is 0 Å². The van der Waals surface area contributed by atoms with E-state index < -0.39 is 0 Å². The van der Waals surface area contributed by atoms with Crippen LogP contribution in [0.25, 0.3) is 0 Å². The number of carbonyl (C=O) groups is 1. The summed E-state index contributed by atoms with van der Waals surface area (Å²) in [5.41, 5.74) is 3.51. The molecule has 1 aliphatic heterocycles. The SMILES string of the molecule is COC(=O)Cc1ccc(N2CCCCC2)cc1C. The lowest BCUT2D eigenvalue weighted by molar-refractivity contribution is -0.139. The molecule has 1 aromatic carbocycles. The Hall–Kier alpha value is -1.51. The fourth-order valence-electron chi connectivity index (χ4n) is 2.45. The minimum atomic E-state index is -0.177. The van der Waals surface area contributed by atoms with Crippen molar-refractivity contribution >= 4 is 11.7 Å². The number of methoxy groups -OCH3 is 1. The number of rotatable bonds is 3. The van der Waals surface area contributed by atoms with Gasteiger partial charge in [-0.15, -0.1) is 0 Å². The van der Waals surface area contributed by atoms with Gasteiger partial charge >= 0.3 is 5.97 Å². The molecule has 1 aromatic rings. The molecule has 2 rings (SSSR count). The van der Waals surface area contributed by atoms with E-state index in [1.807, 2.05) is 0 Å². The van der Waals surface area contributed by atoms with Crippen molar-refractivity contribution in [2.75, 3.05) is 25.1 Å². The zero-order valence-electron chi connectivity index (χ0n) is 11.2. The average molecular weight is 247 g/mol. The Morgan fingerprint density at radius 3 is 2.61 bits per heavy atom. The summed E-state index contributed by atoms with van der Waals surface area (Å²) in [6.45, 7) is 4.36. The quantitative estimate of drug-likeness (QED) is 0.769. The first-order chi connectivity index (χ1) is 8.70. The molecule has 3 heteroatoms. The maximum absolute atomic E-state index is 11.3. The summed E-state index contributed by atoms with van der Waals surface area (Å²) in [7, 11) is 1.43. The molecule has 0 aliphatic carbocycles. The summed E-state index contributed by atoms with van der Waals surface area (Å²) in [6, 6.07) is 6.36. The smallest absolute Gasteiger partial charge is 0.309 e. The van der Waals surface area contributed by atoms with E-state index in [9.17, 15) is 4.79 Å². The average Bonchev–Trinajstić information content (AvgIpc) is 2.42. The molecular formula is C15H21NO2. The van der Waals surface area contributed by atoms with Crippen molar-refractivity contribution < 1.29 is 9.53 Å². The number of hydrogen-bond acceptors (Lipinski definition) is 3. The fourth-order valence-corrected chi connectivity index (χ4v) is 2.45. The highest BCUT2D eigenvalue weighted by Gasteiger charge is 2.12. The van der Waals surface area contributed by atoms with Crippen molar-refractivity contribution in [1.82, 2.24) is 0 Å². The van der Waals surface area contributed by atoms with Crippen LogP contribution in [0, 0.1) is 6.92 Å². The number of aryl methyl sites for hydroxylation is 1. The van der Waals surface area contributed by atoms with E-state index in [4.69, 9.17) is 4.74 Å². The van der Waals surface area contributed by atoms with Crippen LogP contribution in [0.5, 0.6) is 0 Å². The number of piperidine rings is 1. The molecule has 1 heterocycles. The highest BCUT2D eigenvalue weighted by Crippen LogP contribution is 2.23. The van der Waals surface area contributed by atoms with Gasteiger partial charge in [-0.3, -0.25) is 4.79 Å². The van der Waals surface area contributed by atoms with E-state index >= 15 is 0 Å². The van der Waals surface area contributed by atoms with Crippen LogP contribution in [-0.2, 0) is 16.0 Å². The minimum Gasteiger partial charge on any atom is -0.469 e. The Bertz CT molecular complexity index is 423. The second-order valence-electron chi connectivity index (χ2n) is 4.91. The standard InChI is InChI=1S/C15H21NO2/c1-12-10-14(16-8-4-3-5-9-16)7-6-13(12)11-15(17)18-2/h6-7,10H,3-5,8-9,11H2,1-2H3. The second kappa shape index (κ2) is 5.89. The molecule has 1 fully saturated rings. The first kappa shape index (κ1) is 12.9. The third-order valence-corrected chi connectivity index (χ3v) is 3.61. The molecule has 0 bridgehead atoms. The predicted octanol–water partition coefficient (Wildman–Crippen LogP) is 2.70. The molecule has 0 amide bonds. The fraction of sp³-hybridized carbons (Fsp3) is 0.533. The Labute approximate surface area is 109 Å². The molecule has 0 unspecified atom stereocenters. The molecular weight excluding hydrogens is 226 g/mol. The first-order valence-electron chi connectivity index (χ1n) is 6.62. The lowest BCUT2D eigenvalue weighted by Gasteiger charge is -2.29. The topological polar surface area (TPSA) is 29.5 Å². The highest BCUT2D eigenvalue weighted by atomic mass is 16.5. The Morgan fingerprint density at radius 2 is 2.00 bits per heavy atom. The van der Waals surface area contributed by atoms with Crippen molar-refractivity contribution in [1.29, 1.82) is 0 Å². The van der Waals surface area contributed by atoms with Crippen molar-refractivity contribution in [2.45, 2.75) is 32.6 Å². The van der Waals surface area contributed by atoms with Gasteiger partial charge in [0.05, 0.1) is 13.5 Å². The molecule has 1 saturated heterocycles. The van der Waals surface area contributed by atoms with Crippen LogP contribution in [0.15, 0.2) is 18.2 Å². The molecule has 0 radical (unpaired) electrons. The Balaban J connectivity index is 2.11. The van der Waals surface area contributed by atoms with Crippen molar-refractivity contribution in [3.63, 3.8) is 0 Å². The maximum atomic E-state index is 11.3. The van der Waals surface area contributed by atoms with Crippen LogP contribution < -0.4 is 4.90 Å². The van der Waals surface area contributed by atoms with Crippen LogP contribution in [0.1, 0.15) is 30.4 Å². The predicted molar refractivity (Wildman–Crippen MR) is 73.0 cm³/mol. The van der Waals surface area contributed by atoms with E-state index in [-0.39, 0.29) is 5.97 Å². The molecule has 3 nitrogen and oxygen atoms in total. The summed E-state index contributed by atoms with van der Waals surface area (Å²) in [4.78, 5) is 13.7. The zero-order valence-corrected chi connectivity index (χ0v) is 11.2. The van der Waals surface area contributed by atoms with Gasteiger partial charge in [0.25, 0.3) is 0 Å². The number of benzene rings is 1. The summed E-state index contributed by atoms with van der Waals surface area (Å²) >= 11 is 0.